The zero-order chi connectivity index (χ0) is 17.0. The maximum Gasteiger partial charge on any atom is 0.154 e. The van der Waals surface area contributed by atoms with Crippen molar-refractivity contribution in [3.8, 4) is 0 Å². The van der Waals surface area contributed by atoms with Crippen molar-refractivity contribution in [1.82, 2.24) is 0 Å². The van der Waals surface area contributed by atoms with Gasteiger partial charge in [0.1, 0.15) is 0 Å². The van der Waals surface area contributed by atoms with Crippen LogP contribution in [0.2, 0.25) is 0 Å². The minimum atomic E-state index is -0.691. The predicted octanol–water partition coefficient (Wildman–Crippen LogP) is 3.69. The SMILES string of the molecule is CC(C)(C)C1C(=O)C(C(C)(C)C)C(=O)C(C(C)(C)C)C1=O. The lowest BCUT2D eigenvalue weighted by Gasteiger charge is -2.45. The first kappa shape index (κ1) is 18.1. The fourth-order valence-electron chi connectivity index (χ4n) is 3.48. The number of rotatable bonds is 0. The van der Waals surface area contributed by atoms with E-state index in [-0.39, 0.29) is 17.3 Å². The summed E-state index contributed by atoms with van der Waals surface area (Å²) in [6, 6.07) is 0. The lowest BCUT2D eigenvalue weighted by atomic mass is 9.54. The van der Waals surface area contributed by atoms with Crippen LogP contribution in [-0.2, 0) is 14.4 Å². The number of Topliss-reactive ketones (excluding diaryl/α,β-unsaturated/α-hetero) is 3. The molecule has 3 nitrogen and oxygen atoms in total. The van der Waals surface area contributed by atoms with E-state index in [2.05, 4.69) is 0 Å². The van der Waals surface area contributed by atoms with Gasteiger partial charge < -0.3 is 0 Å². The van der Waals surface area contributed by atoms with Gasteiger partial charge in [0.25, 0.3) is 0 Å². The van der Waals surface area contributed by atoms with Gasteiger partial charge in [-0.3, -0.25) is 14.4 Å². The maximum atomic E-state index is 12.9. The normalized spacial score (nSPS) is 29.0. The lowest BCUT2D eigenvalue weighted by Crippen LogP contribution is -2.58. The van der Waals surface area contributed by atoms with Gasteiger partial charge in [0.05, 0.1) is 17.8 Å². The quantitative estimate of drug-likeness (QED) is 0.640. The van der Waals surface area contributed by atoms with Crippen LogP contribution in [0.25, 0.3) is 0 Å². The molecule has 0 saturated heterocycles. The molecule has 0 aliphatic heterocycles. The first-order chi connectivity index (χ1) is 9.10. The molecule has 0 spiro atoms. The molecule has 0 unspecified atom stereocenters. The molecule has 1 saturated carbocycles. The zero-order valence-electron chi connectivity index (χ0n) is 15.0. The second kappa shape index (κ2) is 5.03. The van der Waals surface area contributed by atoms with Crippen LogP contribution in [0.5, 0.6) is 0 Å². The first-order valence-electron chi connectivity index (χ1n) is 7.71. The molecule has 1 aliphatic carbocycles. The number of ketones is 3. The van der Waals surface area contributed by atoms with E-state index in [1.165, 1.54) is 0 Å². The smallest absolute Gasteiger partial charge is 0.154 e. The van der Waals surface area contributed by atoms with E-state index < -0.39 is 34.0 Å². The zero-order valence-corrected chi connectivity index (χ0v) is 15.0. The van der Waals surface area contributed by atoms with Crippen LogP contribution in [0.1, 0.15) is 62.3 Å². The van der Waals surface area contributed by atoms with Crippen LogP contribution in [0, 0.1) is 34.0 Å². The largest absolute Gasteiger partial charge is 0.298 e. The second-order valence-corrected chi connectivity index (χ2v) is 9.60. The van der Waals surface area contributed by atoms with E-state index >= 15 is 0 Å². The Balaban J connectivity index is 3.50. The molecule has 0 amide bonds. The molecule has 0 radical (unpaired) electrons. The van der Waals surface area contributed by atoms with Crippen molar-refractivity contribution in [2.75, 3.05) is 0 Å². The fourth-order valence-corrected chi connectivity index (χ4v) is 3.48. The van der Waals surface area contributed by atoms with E-state index in [1.807, 2.05) is 62.3 Å². The Kier molecular flexibility index (Phi) is 4.33. The molecular weight excluding hydrogens is 264 g/mol. The Bertz CT molecular complexity index is 377. The monoisotopic (exact) mass is 294 g/mol. The third-order valence-electron chi connectivity index (χ3n) is 4.31. The number of hydrogen-bond donors (Lipinski definition) is 0. The van der Waals surface area contributed by atoms with E-state index in [0.717, 1.165) is 0 Å². The third-order valence-corrected chi connectivity index (χ3v) is 4.31. The highest BCUT2D eigenvalue weighted by atomic mass is 16.2. The van der Waals surface area contributed by atoms with Gasteiger partial charge >= 0.3 is 0 Å². The molecule has 3 heteroatoms. The number of carbonyl (C=O) groups is 3. The van der Waals surface area contributed by atoms with Gasteiger partial charge in [-0.15, -0.1) is 0 Å². The van der Waals surface area contributed by atoms with Crippen molar-refractivity contribution in [3.05, 3.63) is 0 Å². The molecule has 0 aromatic carbocycles. The first-order valence-corrected chi connectivity index (χ1v) is 7.71. The van der Waals surface area contributed by atoms with Crippen LogP contribution in [0.15, 0.2) is 0 Å². The Morgan fingerprint density at radius 3 is 0.714 bits per heavy atom. The van der Waals surface area contributed by atoms with Crippen LogP contribution in [0.4, 0.5) is 0 Å². The summed E-state index contributed by atoms with van der Waals surface area (Å²) in [5.41, 5.74) is -1.37. The Hall–Kier alpha value is -0.990. The highest BCUT2D eigenvalue weighted by Crippen LogP contribution is 2.46. The maximum absolute atomic E-state index is 12.9. The van der Waals surface area contributed by atoms with Crippen molar-refractivity contribution >= 4 is 17.3 Å². The highest BCUT2D eigenvalue weighted by molar-refractivity contribution is 6.24. The van der Waals surface area contributed by atoms with Crippen LogP contribution >= 0.6 is 0 Å². The van der Waals surface area contributed by atoms with E-state index in [0.29, 0.717) is 0 Å². The van der Waals surface area contributed by atoms with Crippen molar-refractivity contribution in [3.63, 3.8) is 0 Å². The molecule has 0 atom stereocenters. The van der Waals surface area contributed by atoms with Crippen LogP contribution < -0.4 is 0 Å². The van der Waals surface area contributed by atoms with Gasteiger partial charge in [-0.2, -0.15) is 0 Å². The fraction of sp³-hybridized carbons (Fsp3) is 0.833. The molecule has 0 aromatic heterocycles. The second-order valence-electron chi connectivity index (χ2n) is 9.60. The van der Waals surface area contributed by atoms with Crippen LogP contribution in [-0.4, -0.2) is 17.3 Å². The summed E-state index contributed by atoms with van der Waals surface area (Å²) >= 11 is 0. The molecular formula is C18H30O3. The minimum absolute atomic E-state index is 0.189. The number of carbonyl (C=O) groups excluding carboxylic acids is 3. The molecule has 1 rings (SSSR count). The summed E-state index contributed by atoms with van der Waals surface area (Å²) < 4.78 is 0. The Morgan fingerprint density at radius 1 is 0.476 bits per heavy atom. The summed E-state index contributed by atoms with van der Waals surface area (Å²) in [6.07, 6.45) is 0. The van der Waals surface area contributed by atoms with Crippen molar-refractivity contribution in [2.45, 2.75) is 62.3 Å². The molecule has 21 heavy (non-hydrogen) atoms. The van der Waals surface area contributed by atoms with Gasteiger partial charge in [0.2, 0.25) is 0 Å². The molecule has 0 N–H and O–H groups in total. The minimum Gasteiger partial charge on any atom is -0.298 e. The third kappa shape index (κ3) is 3.27. The lowest BCUT2D eigenvalue weighted by molar-refractivity contribution is -0.160. The van der Waals surface area contributed by atoms with Crippen molar-refractivity contribution < 1.29 is 14.4 Å². The Labute approximate surface area is 128 Å². The van der Waals surface area contributed by atoms with Crippen molar-refractivity contribution in [2.24, 2.45) is 34.0 Å². The van der Waals surface area contributed by atoms with Gasteiger partial charge in [0.15, 0.2) is 17.3 Å². The molecule has 120 valence electrons. The van der Waals surface area contributed by atoms with Gasteiger partial charge in [-0.1, -0.05) is 62.3 Å². The topological polar surface area (TPSA) is 51.2 Å². The average molecular weight is 294 g/mol. The van der Waals surface area contributed by atoms with Crippen LogP contribution in [0.3, 0.4) is 0 Å². The van der Waals surface area contributed by atoms with Gasteiger partial charge in [-0.25, -0.2) is 0 Å². The van der Waals surface area contributed by atoms with Crippen molar-refractivity contribution in [1.29, 1.82) is 0 Å². The molecule has 1 aliphatic rings. The van der Waals surface area contributed by atoms with E-state index in [1.54, 1.807) is 0 Å². The van der Waals surface area contributed by atoms with Gasteiger partial charge in [0, 0.05) is 0 Å². The van der Waals surface area contributed by atoms with E-state index in [4.69, 9.17) is 0 Å². The highest BCUT2D eigenvalue weighted by Gasteiger charge is 2.58. The molecule has 0 aromatic rings. The molecule has 0 heterocycles. The summed E-state index contributed by atoms with van der Waals surface area (Å²) in [5.74, 6) is -2.64. The molecule has 1 fully saturated rings. The summed E-state index contributed by atoms with van der Waals surface area (Å²) in [5, 5.41) is 0. The van der Waals surface area contributed by atoms with E-state index in [9.17, 15) is 14.4 Å². The summed E-state index contributed by atoms with van der Waals surface area (Å²) in [6.45, 7) is 17.1. The Morgan fingerprint density at radius 2 is 0.619 bits per heavy atom. The summed E-state index contributed by atoms with van der Waals surface area (Å²) in [7, 11) is 0. The van der Waals surface area contributed by atoms with Gasteiger partial charge in [-0.05, 0) is 16.2 Å². The standard InChI is InChI=1S/C18H30O3/c1-16(2,3)10-13(19)11(17(4,5)6)15(21)12(14(10)20)18(7,8)9/h10-12H,1-9H3. The molecule has 0 bridgehead atoms. The predicted molar refractivity (Wildman–Crippen MR) is 83.9 cm³/mol. The average Bonchev–Trinajstić information content (AvgIpc) is 2.07. The number of hydrogen-bond acceptors (Lipinski definition) is 3. The summed E-state index contributed by atoms with van der Waals surface area (Å²) in [4.78, 5) is 38.6.